The fourth-order valence-electron chi connectivity index (χ4n) is 0.627. The number of morpholine rings is 1. The molecule has 1 aliphatic rings. The van der Waals surface area contributed by atoms with Gasteiger partial charge in [-0.1, -0.05) is 0 Å². The van der Waals surface area contributed by atoms with Crippen LogP contribution in [0.1, 0.15) is 0 Å². The van der Waals surface area contributed by atoms with E-state index in [2.05, 4.69) is 5.32 Å². The van der Waals surface area contributed by atoms with Gasteiger partial charge in [0.15, 0.2) is 6.29 Å². The van der Waals surface area contributed by atoms with Crippen molar-refractivity contribution in [1.82, 2.24) is 5.32 Å². The van der Waals surface area contributed by atoms with Crippen molar-refractivity contribution < 1.29 is 14.3 Å². The highest BCUT2D eigenvalue weighted by atomic mass is 16.7. The van der Waals surface area contributed by atoms with E-state index in [9.17, 15) is 4.79 Å². The van der Waals surface area contributed by atoms with Crippen LogP contribution in [0.4, 0.5) is 0 Å². The second-order valence-electron chi connectivity index (χ2n) is 1.78. The van der Waals surface area contributed by atoms with Crippen molar-refractivity contribution in [1.29, 1.82) is 0 Å². The number of hydrogen-bond acceptors (Lipinski definition) is 3. The topological polar surface area (TPSA) is 47.6 Å². The molecule has 0 spiro atoms. The summed E-state index contributed by atoms with van der Waals surface area (Å²) >= 11 is 0. The van der Waals surface area contributed by atoms with E-state index >= 15 is 0 Å². The maximum atomic E-state index is 10.4. The summed E-state index contributed by atoms with van der Waals surface area (Å²) in [5.74, 6) is -0.0803. The molecule has 1 amide bonds. The Balaban J connectivity index is 2.26. The van der Waals surface area contributed by atoms with Crippen LogP contribution in [0, 0.1) is 0 Å². The third kappa shape index (κ3) is 1.65. The monoisotopic (exact) mass is 131 g/mol. The normalized spacial score (nSPS) is 27.7. The van der Waals surface area contributed by atoms with E-state index in [1.165, 1.54) is 0 Å². The maximum absolute atomic E-state index is 10.4. The van der Waals surface area contributed by atoms with Gasteiger partial charge in [-0.25, -0.2) is 0 Å². The van der Waals surface area contributed by atoms with Gasteiger partial charge in [-0.15, -0.1) is 0 Å². The number of methoxy groups -OCH3 is 1. The number of rotatable bonds is 1. The molecule has 1 aliphatic heterocycles. The van der Waals surface area contributed by atoms with Crippen LogP contribution >= 0.6 is 0 Å². The third-order valence-electron chi connectivity index (χ3n) is 1.13. The molecule has 0 saturated carbocycles. The Morgan fingerprint density at radius 1 is 1.89 bits per heavy atom. The number of hydrogen-bond donors (Lipinski definition) is 1. The first-order valence-corrected chi connectivity index (χ1v) is 2.74. The molecule has 0 aromatic rings. The van der Waals surface area contributed by atoms with E-state index in [-0.39, 0.29) is 18.8 Å². The van der Waals surface area contributed by atoms with Crippen molar-refractivity contribution >= 4 is 5.91 Å². The summed E-state index contributed by atoms with van der Waals surface area (Å²) < 4.78 is 9.71. The maximum Gasteiger partial charge on any atom is 0.246 e. The van der Waals surface area contributed by atoms with Crippen LogP contribution in [0.15, 0.2) is 0 Å². The Bertz CT molecular complexity index is 105. The van der Waals surface area contributed by atoms with Crippen LogP contribution in [-0.4, -0.2) is 32.5 Å². The zero-order valence-electron chi connectivity index (χ0n) is 5.22. The molecule has 1 saturated heterocycles. The zero-order valence-corrected chi connectivity index (χ0v) is 5.22. The summed E-state index contributed by atoms with van der Waals surface area (Å²) in [7, 11) is 1.54. The summed E-state index contributed by atoms with van der Waals surface area (Å²) in [4.78, 5) is 10.4. The summed E-state index contributed by atoms with van der Waals surface area (Å²) in [6, 6.07) is 0. The first-order chi connectivity index (χ1) is 4.33. The second-order valence-corrected chi connectivity index (χ2v) is 1.78. The van der Waals surface area contributed by atoms with Crippen LogP contribution < -0.4 is 5.32 Å². The van der Waals surface area contributed by atoms with Crippen molar-refractivity contribution in [3.8, 4) is 0 Å². The van der Waals surface area contributed by atoms with Crippen molar-refractivity contribution in [2.45, 2.75) is 6.29 Å². The molecule has 0 bridgehead atoms. The van der Waals surface area contributed by atoms with Crippen LogP contribution in [0.2, 0.25) is 0 Å². The summed E-state index contributed by atoms with van der Waals surface area (Å²) in [5, 5.41) is 2.59. The van der Waals surface area contributed by atoms with E-state index in [1.807, 2.05) is 0 Å². The predicted octanol–water partition coefficient (Wildman–Crippen LogP) is -0.895. The quantitative estimate of drug-likeness (QED) is 0.502. The Kier molecular flexibility index (Phi) is 2.02. The molecule has 9 heavy (non-hydrogen) atoms. The minimum atomic E-state index is -0.261. The van der Waals surface area contributed by atoms with Gasteiger partial charge in [0.1, 0.15) is 6.61 Å². The van der Waals surface area contributed by atoms with Crippen LogP contribution in [-0.2, 0) is 14.3 Å². The van der Waals surface area contributed by atoms with E-state index in [4.69, 9.17) is 9.47 Å². The zero-order chi connectivity index (χ0) is 6.69. The summed E-state index contributed by atoms with van der Waals surface area (Å²) in [6.45, 7) is 0.563. The van der Waals surface area contributed by atoms with Gasteiger partial charge in [-0.05, 0) is 0 Å². The molecule has 52 valence electrons. The number of carbonyl (C=O) groups excluding carboxylic acids is 1. The highest BCUT2D eigenvalue weighted by molar-refractivity contribution is 5.77. The standard InChI is InChI=1S/C5H9NO3/c1-8-5-2-6-4(7)3-9-5/h5H,2-3H2,1H3,(H,6,7). The average molecular weight is 131 g/mol. The average Bonchev–Trinajstić information content (AvgIpc) is 1.90. The van der Waals surface area contributed by atoms with Gasteiger partial charge in [0.05, 0.1) is 6.54 Å². The Hall–Kier alpha value is -0.610. The lowest BCUT2D eigenvalue weighted by molar-refractivity contribution is -0.161. The minimum Gasteiger partial charge on any atom is -0.354 e. The number of amides is 1. The molecular formula is C5H9NO3. The van der Waals surface area contributed by atoms with Crippen LogP contribution in [0.5, 0.6) is 0 Å². The lowest BCUT2D eigenvalue weighted by atomic mass is 10.5. The van der Waals surface area contributed by atoms with Gasteiger partial charge >= 0.3 is 0 Å². The number of ether oxygens (including phenoxy) is 2. The van der Waals surface area contributed by atoms with Gasteiger partial charge in [0.25, 0.3) is 0 Å². The van der Waals surface area contributed by atoms with Crippen molar-refractivity contribution in [2.75, 3.05) is 20.3 Å². The summed E-state index contributed by atoms with van der Waals surface area (Å²) in [5.41, 5.74) is 0. The van der Waals surface area contributed by atoms with Crippen molar-refractivity contribution in [2.24, 2.45) is 0 Å². The molecule has 1 atom stereocenters. The molecule has 0 aliphatic carbocycles. The Morgan fingerprint density at radius 3 is 3.11 bits per heavy atom. The lowest BCUT2D eigenvalue weighted by Gasteiger charge is -2.20. The van der Waals surface area contributed by atoms with E-state index in [0.29, 0.717) is 6.54 Å². The van der Waals surface area contributed by atoms with Crippen LogP contribution in [0.25, 0.3) is 0 Å². The minimum absolute atomic E-state index is 0.0803. The molecule has 1 heterocycles. The molecule has 1 fully saturated rings. The Morgan fingerprint density at radius 2 is 2.67 bits per heavy atom. The predicted molar refractivity (Wildman–Crippen MR) is 29.8 cm³/mol. The molecule has 1 rings (SSSR count). The fraction of sp³-hybridized carbons (Fsp3) is 0.800. The molecule has 0 radical (unpaired) electrons. The largest absolute Gasteiger partial charge is 0.354 e. The second kappa shape index (κ2) is 2.80. The fourth-order valence-corrected chi connectivity index (χ4v) is 0.627. The molecule has 0 aromatic carbocycles. The van der Waals surface area contributed by atoms with Gasteiger partial charge in [-0.3, -0.25) is 4.79 Å². The first-order valence-electron chi connectivity index (χ1n) is 2.74. The van der Waals surface area contributed by atoms with E-state index in [1.54, 1.807) is 7.11 Å². The smallest absolute Gasteiger partial charge is 0.246 e. The van der Waals surface area contributed by atoms with Crippen molar-refractivity contribution in [3.63, 3.8) is 0 Å². The van der Waals surface area contributed by atoms with Gasteiger partial charge in [0.2, 0.25) is 5.91 Å². The SMILES string of the molecule is COC1CNC(=O)CO1. The van der Waals surface area contributed by atoms with Gasteiger partial charge in [-0.2, -0.15) is 0 Å². The number of nitrogens with one attached hydrogen (secondary N) is 1. The highest BCUT2D eigenvalue weighted by Crippen LogP contribution is 1.95. The number of carbonyl (C=O) groups is 1. The van der Waals surface area contributed by atoms with Gasteiger partial charge in [0, 0.05) is 7.11 Å². The first kappa shape index (κ1) is 6.51. The molecule has 1 unspecified atom stereocenters. The van der Waals surface area contributed by atoms with Crippen LogP contribution in [0.3, 0.4) is 0 Å². The van der Waals surface area contributed by atoms with E-state index in [0.717, 1.165) is 0 Å². The van der Waals surface area contributed by atoms with Gasteiger partial charge < -0.3 is 14.8 Å². The molecule has 1 N–H and O–H groups in total. The molecule has 0 aromatic heterocycles. The van der Waals surface area contributed by atoms with E-state index < -0.39 is 0 Å². The lowest BCUT2D eigenvalue weighted by Crippen LogP contribution is -2.43. The molecule has 4 nitrogen and oxygen atoms in total. The molecular weight excluding hydrogens is 122 g/mol. The molecule has 4 heteroatoms. The highest BCUT2D eigenvalue weighted by Gasteiger charge is 2.16. The third-order valence-corrected chi connectivity index (χ3v) is 1.13. The van der Waals surface area contributed by atoms with Crippen molar-refractivity contribution in [3.05, 3.63) is 0 Å². The summed E-state index contributed by atoms with van der Waals surface area (Å²) in [6.07, 6.45) is -0.261. The Labute approximate surface area is 53.1 Å².